The van der Waals surface area contributed by atoms with Crippen LogP contribution in [-0.4, -0.2) is 29.3 Å². The molecule has 1 aliphatic heterocycles. The van der Waals surface area contributed by atoms with Crippen LogP contribution >= 0.6 is 12.2 Å². The molecule has 0 saturated carbocycles. The zero-order valence-electron chi connectivity index (χ0n) is 9.40. The van der Waals surface area contributed by atoms with Crippen molar-refractivity contribution in [1.29, 1.82) is 0 Å². The average Bonchev–Trinajstić information content (AvgIpc) is 2.29. The quantitative estimate of drug-likeness (QED) is 0.784. The van der Waals surface area contributed by atoms with Gasteiger partial charge in [-0.05, 0) is 31.0 Å². The second-order valence-corrected chi connectivity index (χ2v) is 4.69. The third kappa shape index (κ3) is 2.73. The molecule has 0 amide bonds. The average molecular weight is 254 g/mol. The van der Waals surface area contributed by atoms with Gasteiger partial charge in [0.25, 0.3) is 0 Å². The predicted molar refractivity (Wildman–Crippen MR) is 69.7 cm³/mol. The Kier molecular flexibility index (Phi) is 3.59. The molecule has 0 bridgehead atoms. The highest BCUT2D eigenvalue weighted by atomic mass is 32.1. The Hall–Kier alpha value is -1.20. The standard InChI is InChI=1S/C12H15FN2OS/c13-11-7-8(1-2-10(11)12(14)17)15-5-3-9(16)4-6-15/h1-2,7,9,16H,3-6H2,(H2,14,17). The second-order valence-electron chi connectivity index (χ2n) is 4.25. The summed E-state index contributed by atoms with van der Waals surface area (Å²) >= 11 is 4.76. The molecule has 3 nitrogen and oxygen atoms in total. The summed E-state index contributed by atoms with van der Waals surface area (Å²) in [7, 11) is 0. The molecular weight excluding hydrogens is 239 g/mol. The molecule has 1 fully saturated rings. The van der Waals surface area contributed by atoms with E-state index in [4.69, 9.17) is 18.0 Å². The van der Waals surface area contributed by atoms with Gasteiger partial charge in [-0.1, -0.05) is 12.2 Å². The van der Waals surface area contributed by atoms with E-state index < -0.39 is 0 Å². The summed E-state index contributed by atoms with van der Waals surface area (Å²) in [4.78, 5) is 2.13. The van der Waals surface area contributed by atoms with Gasteiger partial charge in [0.1, 0.15) is 10.8 Å². The molecule has 0 unspecified atom stereocenters. The van der Waals surface area contributed by atoms with Gasteiger partial charge < -0.3 is 15.7 Å². The zero-order valence-corrected chi connectivity index (χ0v) is 10.2. The minimum absolute atomic E-state index is 0.0723. The number of benzene rings is 1. The van der Waals surface area contributed by atoms with Crippen molar-refractivity contribution in [2.24, 2.45) is 5.73 Å². The maximum atomic E-state index is 13.7. The molecule has 2 rings (SSSR count). The highest BCUT2D eigenvalue weighted by molar-refractivity contribution is 7.80. The Morgan fingerprint density at radius 3 is 2.59 bits per heavy atom. The molecule has 1 aromatic rings. The number of thiocarbonyl (C=S) groups is 1. The fourth-order valence-corrected chi connectivity index (χ4v) is 2.19. The van der Waals surface area contributed by atoms with E-state index in [-0.39, 0.29) is 22.5 Å². The summed E-state index contributed by atoms with van der Waals surface area (Å²) in [5.41, 5.74) is 6.50. The van der Waals surface area contributed by atoms with Gasteiger partial charge in [0.05, 0.1) is 6.10 Å². The van der Waals surface area contributed by atoms with Gasteiger partial charge in [-0.15, -0.1) is 0 Å². The van der Waals surface area contributed by atoms with Crippen molar-refractivity contribution in [2.45, 2.75) is 18.9 Å². The Labute approximate surface area is 105 Å². The summed E-state index contributed by atoms with van der Waals surface area (Å²) in [6, 6.07) is 4.87. The first-order chi connectivity index (χ1) is 8.08. The molecule has 0 aliphatic carbocycles. The minimum Gasteiger partial charge on any atom is -0.393 e. The van der Waals surface area contributed by atoms with Crippen LogP contribution < -0.4 is 10.6 Å². The smallest absolute Gasteiger partial charge is 0.135 e. The third-order valence-corrected chi connectivity index (χ3v) is 3.27. The molecule has 0 radical (unpaired) electrons. The normalized spacial score (nSPS) is 17.2. The Bertz CT molecular complexity index is 431. The second kappa shape index (κ2) is 4.98. The summed E-state index contributed by atoms with van der Waals surface area (Å²) in [5, 5.41) is 9.41. The molecule has 1 aromatic carbocycles. The Morgan fingerprint density at radius 1 is 1.41 bits per heavy atom. The maximum Gasteiger partial charge on any atom is 0.135 e. The number of anilines is 1. The highest BCUT2D eigenvalue weighted by Crippen LogP contribution is 2.22. The van der Waals surface area contributed by atoms with E-state index in [1.165, 1.54) is 6.07 Å². The summed E-state index contributed by atoms with van der Waals surface area (Å²) in [6.45, 7) is 1.49. The molecule has 3 N–H and O–H groups in total. The number of rotatable bonds is 2. The molecule has 92 valence electrons. The van der Waals surface area contributed by atoms with E-state index in [0.29, 0.717) is 0 Å². The molecule has 1 saturated heterocycles. The lowest BCUT2D eigenvalue weighted by atomic mass is 10.1. The van der Waals surface area contributed by atoms with E-state index >= 15 is 0 Å². The zero-order chi connectivity index (χ0) is 12.4. The van der Waals surface area contributed by atoms with Gasteiger partial charge in [-0.25, -0.2) is 4.39 Å². The van der Waals surface area contributed by atoms with E-state index in [0.717, 1.165) is 31.6 Å². The lowest BCUT2D eigenvalue weighted by Gasteiger charge is -2.31. The molecule has 0 atom stereocenters. The summed E-state index contributed by atoms with van der Waals surface area (Å²) in [6.07, 6.45) is 1.21. The van der Waals surface area contributed by atoms with E-state index in [2.05, 4.69) is 4.90 Å². The fraction of sp³-hybridized carbons (Fsp3) is 0.417. The van der Waals surface area contributed by atoms with E-state index in [9.17, 15) is 9.50 Å². The van der Waals surface area contributed by atoms with Crippen LogP contribution in [0.3, 0.4) is 0 Å². The Morgan fingerprint density at radius 2 is 2.06 bits per heavy atom. The van der Waals surface area contributed by atoms with Gasteiger partial charge >= 0.3 is 0 Å². The SMILES string of the molecule is NC(=S)c1ccc(N2CCC(O)CC2)cc1F. The van der Waals surface area contributed by atoms with Crippen molar-refractivity contribution in [3.63, 3.8) is 0 Å². The lowest BCUT2D eigenvalue weighted by Crippen LogP contribution is -2.35. The molecule has 0 spiro atoms. The van der Waals surface area contributed by atoms with Crippen molar-refractivity contribution < 1.29 is 9.50 Å². The van der Waals surface area contributed by atoms with Crippen molar-refractivity contribution in [3.8, 4) is 0 Å². The van der Waals surface area contributed by atoms with Crippen LogP contribution in [0.4, 0.5) is 10.1 Å². The number of nitrogens with zero attached hydrogens (tertiary/aromatic N) is 1. The topological polar surface area (TPSA) is 49.5 Å². The fourth-order valence-electron chi connectivity index (χ4n) is 2.02. The number of aliphatic hydroxyl groups excluding tert-OH is 1. The van der Waals surface area contributed by atoms with Crippen molar-refractivity contribution in [2.75, 3.05) is 18.0 Å². The molecule has 0 aromatic heterocycles. The van der Waals surface area contributed by atoms with Crippen LogP contribution in [0.1, 0.15) is 18.4 Å². The number of halogens is 1. The van der Waals surface area contributed by atoms with Gasteiger partial charge in [-0.2, -0.15) is 0 Å². The van der Waals surface area contributed by atoms with Crippen LogP contribution in [-0.2, 0) is 0 Å². The highest BCUT2D eigenvalue weighted by Gasteiger charge is 2.18. The number of piperidine rings is 1. The number of hydrogen-bond acceptors (Lipinski definition) is 3. The maximum absolute atomic E-state index is 13.7. The van der Waals surface area contributed by atoms with Crippen LogP contribution in [0.25, 0.3) is 0 Å². The molecule has 5 heteroatoms. The molecular formula is C12H15FN2OS. The largest absolute Gasteiger partial charge is 0.393 e. The first-order valence-electron chi connectivity index (χ1n) is 5.60. The number of aliphatic hydroxyl groups is 1. The summed E-state index contributed by atoms with van der Waals surface area (Å²) < 4.78 is 13.7. The molecule has 1 aliphatic rings. The van der Waals surface area contributed by atoms with E-state index in [1.54, 1.807) is 6.07 Å². The van der Waals surface area contributed by atoms with Gasteiger partial charge in [0, 0.05) is 24.3 Å². The van der Waals surface area contributed by atoms with E-state index in [1.807, 2.05) is 6.07 Å². The van der Waals surface area contributed by atoms with Crippen molar-refractivity contribution >= 4 is 22.9 Å². The Balaban J connectivity index is 2.17. The first kappa shape index (κ1) is 12.3. The minimum atomic E-state index is -0.388. The molecule has 17 heavy (non-hydrogen) atoms. The van der Waals surface area contributed by atoms with Crippen LogP contribution in [0.2, 0.25) is 0 Å². The van der Waals surface area contributed by atoms with Crippen LogP contribution in [0.5, 0.6) is 0 Å². The molecule has 1 heterocycles. The monoisotopic (exact) mass is 254 g/mol. The van der Waals surface area contributed by atoms with Crippen LogP contribution in [0, 0.1) is 5.82 Å². The van der Waals surface area contributed by atoms with Gasteiger partial charge in [0.2, 0.25) is 0 Å². The number of hydrogen-bond donors (Lipinski definition) is 2. The lowest BCUT2D eigenvalue weighted by molar-refractivity contribution is 0.145. The predicted octanol–water partition coefficient (Wildman–Crippen LogP) is 1.42. The first-order valence-corrected chi connectivity index (χ1v) is 6.01. The van der Waals surface area contributed by atoms with Crippen molar-refractivity contribution in [1.82, 2.24) is 0 Å². The van der Waals surface area contributed by atoms with Crippen LogP contribution in [0.15, 0.2) is 18.2 Å². The summed E-state index contributed by atoms with van der Waals surface area (Å²) in [5.74, 6) is -0.388. The van der Waals surface area contributed by atoms with Crippen molar-refractivity contribution in [3.05, 3.63) is 29.6 Å². The number of nitrogens with two attached hydrogens (primary N) is 1. The third-order valence-electron chi connectivity index (χ3n) is 3.05. The van der Waals surface area contributed by atoms with Gasteiger partial charge in [0.15, 0.2) is 0 Å². The van der Waals surface area contributed by atoms with Gasteiger partial charge in [-0.3, -0.25) is 0 Å².